The Labute approximate surface area is 110 Å². The van der Waals surface area contributed by atoms with Crippen LogP contribution in [-0.4, -0.2) is 37.6 Å². The molecule has 98 valence electrons. The molecule has 0 unspecified atom stereocenters. The van der Waals surface area contributed by atoms with E-state index in [1.165, 1.54) is 51.9 Å². The van der Waals surface area contributed by atoms with E-state index < -0.39 is 0 Å². The fraction of sp³-hybridized carbons (Fsp3) is 0.625. The summed E-state index contributed by atoms with van der Waals surface area (Å²) in [6.45, 7) is 6.21. The van der Waals surface area contributed by atoms with E-state index >= 15 is 0 Å². The first-order valence-corrected chi connectivity index (χ1v) is 7.41. The van der Waals surface area contributed by atoms with Crippen LogP contribution in [0.5, 0.6) is 0 Å². The first-order valence-electron chi connectivity index (χ1n) is 7.41. The van der Waals surface area contributed by atoms with Crippen molar-refractivity contribution >= 4 is 0 Å². The van der Waals surface area contributed by atoms with E-state index in [-0.39, 0.29) is 0 Å². The van der Waals surface area contributed by atoms with E-state index in [9.17, 15) is 0 Å². The minimum absolute atomic E-state index is 0.820. The lowest BCUT2D eigenvalue weighted by Crippen LogP contribution is -2.32. The van der Waals surface area contributed by atoms with Gasteiger partial charge < -0.3 is 10.2 Å². The van der Waals surface area contributed by atoms with Gasteiger partial charge in [-0.05, 0) is 62.4 Å². The number of benzene rings is 1. The summed E-state index contributed by atoms with van der Waals surface area (Å²) >= 11 is 0. The lowest BCUT2D eigenvalue weighted by Gasteiger charge is -2.16. The average molecular weight is 244 g/mol. The molecular weight excluding hydrogens is 220 g/mol. The summed E-state index contributed by atoms with van der Waals surface area (Å²) in [6, 6.07) is 8.92. The fourth-order valence-electron chi connectivity index (χ4n) is 3.34. The molecule has 0 bridgehead atoms. The van der Waals surface area contributed by atoms with Crippen LogP contribution in [0, 0.1) is 5.92 Å². The van der Waals surface area contributed by atoms with Crippen LogP contribution in [0.3, 0.4) is 0 Å². The van der Waals surface area contributed by atoms with Crippen molar-refractivity contribution < 1.29 is 0 Å². The van der Waals surface area contributed by atoms with Crippen LogP contribution in [0.1, 0.15) is 24.0 Å². The fourth-order valence-corrected chi connectivity index (χ4v) is 3.34. The van der Waals surface area contributed by atoms with Gasteiger partial charge in [-0.25, -0.2) is 0 Å². The standard InChI is InChI=1S/C16H24N2/c1-2-6-16-12-14(11-15(16)5-1)13-17-7-10-18-8-3-4-9-18/h1-2,5-6,14,17H,3-4,7-13H2. The van der Waals surface area contributed by atoms with Crippen LogP contribution in [-0.2, 0) is 12.8 Å². The zero-order valence-electron chi connectivity index (χ0n) is 11.2. The molecule has 3 rings (SSSR count). The molecule has 0 saturated carbocycles. The first-order chi connectivity index (χ1) is 8.92. The van der Waals surface area contributed by atoms with E-state index in [1.807, 2.05) is 0 Å². The largest absolute Gasteiger partial charge is 0.315 e. The Hall–Kier alpha value is -0.860. The molecule has 1 fully saturated rings. The number of hydrogen-bond acceptors (Lipinski definition) is 2. The number of likely N-dealkylation sites (tertiary alicyclic amines) is 1. The summed E-state index contributed by atoms with van der Waals surface area (Å²) in [5, 5.41) is 3.65. The van der Waals surface area contributed by atoms with Gasteiger partial charge in [0.15, 0.2) is 0 Å². The van der Waals surface area contributed by atoms with Crippen molar-refractivity contribution in [3.63, 3.8) is 0 Å². The van der Waals surface area contributed by atoms with Gasteiger partial charge >= 0.3 is 0 Å². The van der Waals surface area contributed by atoms with Gasteiger partial charge in [0.05, 0.1) is 0 Å². The first kappa shape index (κ1) is 12.2. The molecule has 1 aromatic carbocycles. The second-order valence-corrected chi connectivity index (χ2v) is 5.80. The quantitative estimate of drug-likeness (QED) is 0.798. The van der Waals surface area contributed by atoms with Crippen molar-refractivity contribution in [3.8, 4) is 0 Å². The monoisotopic (exact) mass is 244 g/mol. The minimum Gasteiger partial charge on any atom is -0.315 e. The highest BCUT2D eigenvalue weighted by atomic mass is 15.1. The maximum absolute atomic E-state index is 3.65. The third-order valence-corrected chi connectivity index (χ3v) is 4.37. The third-order valence-electron chi connectivity index (χ3n) is 4.37. The van der Waals surface area contributed by atoms with E-state index in [4.69, 9.17) is 0 Å². The summed E-state index contributed by atoms with van der Waals surface area (Å²) in [4.78, 5) is 2.58. The molecule has 1 aromatic rings. The highest BCUT2D eigenvalue weighted by Gasteiger charge is 2.20. The Kier molecular flexibility index (Phi) is 3.96. The second kappa shape index (κ2) is 5.85. The number of rotatable bonds is 5. The highest BCUT2D eigenvalue weighted by molar-refractivity contribution is 5.32. The average Bonchev–Trinajstić information content (AvgIpc) is 3.03. The van der Waals surface area contributed by atoms with Crippen molar-refractivity contribution in [2.45, 2.75) is 25.7 Å². The molecular formula is C16H24N2. The molecule has 18 heavy (non-hydrogen) atoms. The number of nitrogens with one attached hydrogen (secondary N) is 1. The Morgan fingerprint density at radius 1 is 1.06 bits per heavy atom. The Morgan fingerprint density at radius 3 is 2.39 bits per heavy atom. The molecule has 0 amide bonds. The van der Waals surface area contributed by atoms with Gasteiger partial charge in [-0.2, -0.15) is 0 Å². The maximum atomic E-state index is 3.65. The van der Waals surface area contributed by atoms with Crippen molar-refractivity contribution in [2.75, 3.05) is 32.7 Å². The topological polar surface area (TPSA) is 15.3 Å². The molecule has 2 aliphatic rings. The molecule has 1 aliphatic heterocycles. The van der Waals surface area contributed by atoms with Crippen LogP contribution in [0.4, 0.5) is 0 Å². The van der Waals surface area contributed by atoms with Gasteiger partial charge in [-0.1, -0.05) is 24.3 Å². The lowest BCUT2D eigenvalue weighted by atomic mass is 10.1. The highest BCUT2D eigenvalue weighted by Crippen LogP contribution is 2.25. The smallest absolute Gasteiger partial charge is 0.0107 e. The zero-order valence-corrected chi connectivity index (χ0v) is 11.2. The minimum atomic E-state index is 0.820. The molecule has 2 nitrogen and oxygen atoms in total. The number of nitrogens with zero attached hydrogens (tertiary/aromatic N) is 1. The lowest BCUT2D eigenvalue weighted by molar-refractivity contribution is 0.331. The van der Waals surface area contributed by atoms with E-state index in [2.05, 4.69) is 34.5 Å². The molecule has 0 atom stereocenters. The normalized spacial score (nSPS) is 20.4. The molecule has 2 heteroatoms. The van der Waals surface area contributed by atoms with E-state index in [0.29, 0.717) is 0 Å². The van der Waals surface area contributed by atoms with E-state index in [0.717, 1.165) is 12.5 Å². The maximum Gasteiger partial charge on any atom is 0.0107 e. The van der Waals surface area contributed by atoms with Crippen molar-refractivity contribution in [1.82, 2.24) is 10.2 Å². The number of fused-ring (bicyclic) bond motifs is 1. The Bertz CT molecular complexity index is 357. The van der Waals surface area contributed by atoms with Gasteiger partial charge in [0.25, 0.3) is 0 Å². The molecule has 1 saturated heterocycles. The van der Waals surface area contributed by atoms with Crippen molar-refractivity contribution in [2.24, 2.45) is 5.92 Å². The second-order valence-electron chi connectivity index (χ2n) is 5.80. The molecule has 0 radical (unpaired) electrons. The molecule has 1 heterocycles. The summed E-state index contributed by atoms with van der Waals surface area (Å²) in [5.74, 6) is 0.820. The molecule has 0 spiro atoms. The van der Waals surface area contributed by atoms with Crippen LogP contribution < -0.4 is 5.32 Å². The van der Waals surface area contributed by atoms with Crippen LogP contribution in [0.25, 0.3) is 0 Å². The number of hydrogen-bond donors (Lipinski definition) is 1. The van der Waals surface area contributed by atoms with Crippen LogP contribution in [0.2, 0.25) is 0 Å². The van der Waals surface area contributed by atoms with Crippen molar-refractivity contribution in [1.29, 1.82) is 0 Å². The zero-order chi connectivity index (χ0) is 12.2. The van der Waals surface area contributed by atoms with Gasteiger partial charge in [-0.15, -0.1) is 0 Å². The summed E-state index contributed by atoms with van der Waals surface area (Å²) in [7, 11) is 0. The van der Waals surface area contributed by atoms with Crippen molar-refractivity contribution in [3.05, 3.63) is 35.4 Å². The van der Waals surface area contributed by atoms with E-state index in [1.54, 1.807) is 11.1 Å². The molecule has 0 aromatic heterocycles. The van der Waals surface area contributed by atoms with Crippen LogP contribution in [0.15, 0.2) is 24.3 Å². The molecule has 1 aliphatic carbocycles. The predicted octanol–water partition coefficient (Wildman–Crippen LogP) is 2.09. The molecule has 1 N–H and O–H groups in total. The van der Waals surface area contributed by atoms with Gasteiger partial charge in [-0.3, -0.25) is 0 Å². The third kappa shape index (κ3) is 2.93. The van der Waals surface area contributed by atoms with Gasteiger partial charge in [0.1, 0.15) is 0 Å². The summed E-state index contributed by atoms with van der Waals surface area (Å²) < 4.78 is 0. The van der Waals surface area contributed by atoms with Gasteiger partial charge in [0, 0.05) is 13.1 Å². The Balaban J connectivity index is 1.35. The van der Waals surface area contributed by atoms with Crippen LogP contribution >= 0.6 is 0 Å². The summed E-state index contributed by atoms with van der Waals surface area (Å²) in [6.07, 6.45) is 5.34. The SMILES string of the molecule is c1ccc2c(c1)CC(CNCCN1CCCC1)C2. The summed E-state index contributed by atoms with van der Waals surface area (Å²) in [5.41, 5.74) is 3.15. The van der Waals surface area contributed by atoms with Gasteiger partial charge in [0.2, 0.25) is 0 Å². The predicted molar refractivity (Wildman–Crippen MR) is 75.9 cm³/mol. The Morgan fingerprint density at radius 2 is 1.72 bits per heavy atom.